The maximum atomic E-state index is 5.42. The van der Waals surface area contributed by atoms with E-state index < -0.39 is 0 Å². The minimum Gasteiger partial charge on any atom is -0.494 e. The molecule has 0 aromatic heterocycles. The van der Waals surface area contributed by atoms with Gasteiger partial charge in [-0.15, -0.1) is 0 Å². The van der Waals surface area contributed by atoms with E-state index in [2.05, 4.69) is 22.8 Å². The molecule has 0 aliphatic heterocycles. The molecule has 0 aliphatic rings. The van der Waals surface area contributed by atoms with Gasteiger partial charge in [0.25, 0.3) is 0 Å². The van der Waals surface area contributed by atoms with E-state index in [0.29, 0.717) is 12.6 Å². The van der Waals surface area contributed by atoms with Crippen molar-refractivity contribution in [3.63, 3.8) is 0 Å². The first kappa shape index (κ1) is 13.0. The number of ether oxygens (including phenoxy) is 1. The van der Waals surface area contributed by atoms with E-state index in [0.717, 1.165) is 18.7 Å². The van der Waals surface area contributed by atoms with Gasteiger partial charge in [-0.25, -0.2) is 0 Å². The Bertz CT molecular complexity index is 284. The van der Waals surface area contributed by atoms with Crippen LogP contribution in [0.15, 0.2) is 24.3 Å². The normalized spacial score (nSPS) is 12.4. The Labute approximate surface area is 98.2 Å². The summed E-state index contributed by atoms with van der Waals surface area (Å²) >= 11 is 0. The molecule has 0 saturated carbocycles. The summed E-state index contributed by atoms with van der Waals surface area (Å²) in [5.41, 5.74) is 1.31. The number of hydrogen-bond acceptors (Lipinski definition) is 3. The van der Waals surface area contributed by atoms with Crippen LogP contribution in [0.1, 0.15) is 24.9 Å². The highest BCUT2D eigenvalue weighted by atomic mass is 16.5. The fourth-order valence-electron chi connectivity index (χ4n) is 1.73. The Hall–Kier alpha value is -1.06. The van der Waals surface area contributed by atoms with Crippen molar-refractivity contribution < 1.29 is 4.74 Å². The van der Waals surface area contributed by atoms with Gasteiger partial charge >= 0.3 is 0 Å². The van der Waals surface area contributed by atoms with Gasteiger partial charge in [-0.05, 0) is 51.7 Å². The van der Waals surface area contributed by atoms with Gasteiger partial charge in [-0.1, -0.05) is 12.1 Å². The summed E-state index contributed by atoms with van der Waals surface area (Å²) in [6, 6.07) is 8.72. The molecule has 0 radical (unpaired) electrons. The molecule has 0 heterocycles. The fraction of sp³-hybridized carbons (Fsp3) is 0.538. The minimum absolute atomic E-state index is 0.406. The fourth-order valence-corrected chi connectivity index (χ4v) is 1.73. The Morgan fingerprint density at radius 3 is 2.38 bits per heavy atom. The first-order valence-corrected chi connectivity index (χ1v) is 5.86. The molecule has 0 spiro atoms. The Morgan fingerprint density at radius 2 is 1.88 bits per heavy atom. The van der Waals surface area contributed by atoms with E-state index >= 15 is 0 Å². The molecular weight excluding hydrogens is 200 g/mol. The van der Waals surface area contributed by atoms with Crippen molar-refractivity contribution in [2.75, 3.05) is 27.2 Å². The molecule has 3 heteroatoms. The predicted molar refractivity (Wildman–Crippen MR) is 68.0 cm³/mol. The van der Waals surface area contributed by atoms with Gasteiger partial charge in [0.15, 0.2) is 0 Å². The highest BCUT2D eigenvalue weighted by molar-refractivity contribution is 5.29. The highest BCUT2D eigenvalue weighted by Crippen LogP contribution is 2.19. The van der Waals surface area contributed by atoms with Crippen molar-refractivity contribution in [1.29, 1.82) is 0 Å². The second kappa shape index (κ2) is 7.25. The summed E-state index contributed by atoms with van der Waals surface area (Å²) in [5, 5.41) is 6.49. The molecule has 1 unspecified atom stereocenters. The summed E-state index contributed by atoms with van der Waals surface area (Å²) < 4.78 is 5.42. The average Bonchev–Trinajstić information content (AvgIpc) is 2.32. The maximum Gasteiger partial charge on any atom is 0.119 e. The number of hydrogen-bond donors (Lipinski definition) is 2. The second-order valence-corrected chi connectivity index (χ2v) is 3.74. The summed E-state index contributed by atoms with van der Waals surface area (Å²) in [7, 11) is 3.97. The van der Waals surface area contributed by atoms with Crippen molar-refractivity contribution in [2.24, 2.45) is 0 Å². The molecule has 0 aliphatic carbocycles. The van der Waals surface area contributed by atoms with Crippen LogP contribution in [0.5, 0.6) is 5.75 Å². The highest BCUT2D eigenvalue weighted by Gasteiger charge is 2.07. The number of nitrogens with one attached hydrogen (secondary N) is 2. The Kier molecular flexibility index (Phi) is 5.90. The van der Waals surface area contributed by atoms with Crippen molar-refractivity contribution in [2.45, 2.75) is 19.4 Å². The van der Waals surface area contributed by atoms with Crippen LogP contribution in [-0.2, 0) is 0 Å². The van der Waals surface area contributed by atoms with Crippen LogP contribution >= 0.6 is 0 Å². The molecule has 1 aromatic carbocycles. The summed E-state index contributed by atoms with van der Waals surface area (Å²) in [6.07, 6.45) is 1.08. The van der Waals surface area contributed by atoms with Gasteiger partial charge in [-0.3, -0.25) is 0 Å². The molecule has 2 N–H and O–H groups in total. The van der Waals surface area contributed by atoms with Crippen LogP contribution < -0.4 is 15.4 Å². The van der Waals surface area contributed by atoms with Crippen molar-refractivity contribution >= 4 is 0 Å². The third-order valence-electron chi connectivity index (χ3n) is 2.62. The van der Waals surface area contributed by atoms with Gasteiger partial charge < -0.3 is 15.4 Å². The molecule has 90 valence electrons. The van der Waals surface area contributed by atoms with Crippen molar-refractivity contribution in [1.82, 2.24) is 10.6 Å². The predicted octanol–water partition coefficient (Wildman–Crippen LogP) is 1.96. The Balaban J connectivity index is 2.62. The van der Waals surface area contributed by atoms with Crippen LogP contribution in [0.25, 0.3) is 0 Å². The van der Waals surface area contributed by atoms with E-state index in [-0.39, 0.29) is 0 Å². The zero-order valence-electron chi connectivity index (χ0n) is 10.4. The molecule has 1 atom stereocenters. The molecule has 0 bridgehead atoms. The van der Waals surface area contributed by atoms with Gasteiger partial charge in [-0.2, -0.15) is 0 Å². The van der Waals surface area contributed by atoms with E-state index in [1.54, 1.807) is 0 Å². The van der Waals surface area contributed by atoms with Crippen LogP contribution in [0.4, 0.5) is 0 Å². The molecule has 0 saturated heterocycles. The molecule has 1 rings (SSSR count). The maximum absolute atomic E-state index is 5.42. The lowest BCUT2D eigenvalue weighted by atomic mass is 10.0. The molecule has 3 nitrogen and oxygen atoms in total. The zero-order valence-corrected chi connectivity index (χ0v) is 10.4. The minimum atomic E-state index is 0.406. The lowest BCUT2D eigenvalue weighted by molar-refractivity contribution is 0.340. The lowest BCUT2D eigenvalue weighted by Crippen LogP contribution is -2.21. The summed E-state index contributed by atoms with van der Waals surface area (Å²) in [4.78, 5) is 0. The smallest absolute Gasteiger partial charge is 0.119 e. The summed E-state index contributed by atoms with van der Waals surface area (Å²) in [6.45, 7) is 3.73. The molecule has 16 heavy (non-hydrogen) atoms. The van der Waals surface area contributed by atoms with E-state index in [9.17, 15) is 0 Å². The lowest BCUT2D eigenvalue weighted by Gasteiger charge is -2.16. The third-order valence-corrected chi connectivity index (χ3v) is 2.62. The topological polar surface area (TPSA) is 33.3 Å². The molecule has 0 amide bonds. The van der Waals surface area contributed by atoms with E-state index in [1.165, 1.54) is 5.56 Å². The van der Waals surface area contributed by atoms with E-state index in [1.807, 2.05) is 33.2 Å². The standard InChI is InChI=1S/C13H22N2O/c1-4-16-12-7-5-11(6-8-12)13(15-3)9-10-14-2/h5-8,13-15H,4,9-10H2,1-3H3. The first-order chi connectivity index (χ1) is 7.81. The Morgan fingerprint density at radius 1 is 1.19 bits per heavy atom. The van der Waals surface area contributed by atoms with Gasteiger partial charge in [0.1, 0.15) is 5.75 Å². The van der Waals surface area contributed by atoms with Crippen molar-refractivity contribution in [3.8, 4) is 5.75 Å². The molecule has 0 fully saturated rings. The van der Waals surface area contributed by atoms with E-state index in [4.69, 9.17) is 4.74 Å². The number of rotatable bonds is 7. The third kappa shape index (κ3) is 3.83. The van der Waals surface area contributed by atoms with Gasteiger partial charge in [0.2, 0.25) is 0 Å². The van der Waals surface area contributed by atoms with Crippen molar-refractivity contribution in [3.05, 3.63) is 29.8 Å². The molecular formula is C13H22N2O. The zero-order chi connectivity index (χ0) is 11.8. The van der Waals surface area contributed by atoms with Crippen LogP contribution in [0.3, 0.4) is 0 Å². The quantitative estimate of drug-likeness (QED) is 0.740. The monoisotopic (exact) mass is 222 g/mol. The average molecular weight is 222 g/mol. The van der Waals surface area contributed by atoms with Gasteiger partial charge in [0, 0.05) is 6.04 Å². The van der Waals surface area contributed by atoms with Gasteiger partial charge in [0.05, 0.1) is 6.61 Å². The molecule has 1 aromatic rings. The summed E-state index contributed by atoms with van der Waals surface area (Å²) in [5.74, 6) is 0.940. The second-order valence-electron chi connectivity index (χ2n) is 3.74. The largest absolute Gasteiger partial charge is 0.494 e. The SMILES string of the molecule is CCOc1ccc(C(CCNC)NC)cc1. The van der Waals surface area contributed by atoms with Crippen LogP contribution in [0.2, 0.25) is 0 Å². The number of benzene rings is 1. The van der Waals surface area contributed by atoms with Crippen LogP contribution in [-0.4, -0.2) is 27.2 Å². The first-order valence-electron chi connectivity index (χ1n) is 5.86. The van der Waals surface area contributed by atoms with Crippen LogP contribution in [0, 0.1) is 0 Å².